The standard InChI is InChI=1S/C15H18BrNO5/c1-20-12-5-9(11(16)7-13(12)21-2)6-15(19)22-8-14(18)17-10-3-4-10/h5,7,10H,3-4,6,8H2,1-2H3,(H,17,18). The van der Waals surface area contributed by atoms with Crippen LogP contribution >= 0.6 is 15.9 Å². The smallest absolute Gasteiger partial charge is 0.310 e. The first-order valence-electron chi connectivity index (χ1n) is 6.89. The summed E-state index contributed by atoms with van der Waals surface area (Å²) in [5.74, 6) is 0.358. The van der Waals surface area contributed by atoms with Crippen LogP contribution in [0.2, 0.25) is 0 Å². The molecule has 1 aliphatic carbocycles. The van der Waals surface area contributed by atoms with Crippen LogP contribution in [0.4, 0.5) is 0 Å². The summed E-state index contributed by atoms with van der Waals surface area (Å²) in [6, 6.07) is 3.68. The van der Waals surface area contributed by atoms with Crippen molar-refractivity contribution in [2.45, 2.75) is 25.3 Å². The Kier molecular flexibility index (Phi) is 5.65. The van der Waals surface area contributed by atoms with E-state index in [2.05, 4.69) is 21.2 Å². The molecule has 0 aromatic heterocycles. The molecule has 120 valence electrons. The number of hydrogen-bond acceptors (Lipinski definition) is 5. The second kappa shape index (κ2) is 7.49. The summed E-state index contributed by atoms with van der Waals surface area (Å²) in [6.07, 6.45) is 2.04. The number of carbonyl (C=O) groups excluding carboxylic acids is 2. The molecule has 1 N–H and O–H groups in total. The van der Waals surface area contributed by atoms with E-state index in [4.69, 9.17) is 14.2 Å². The topological polar surface area (TPSA) is 73.9 Å². The third-order valence-electron chi connectivity index (χ3n) is 3.19. The van der Waals surface area contributed by atoms with Crippen LogP contribution in [0.5, 0.6) is 11.5 Å². The number of ether oxygens (including phenoxy) is 3. The van der Waals surface area contributed by atoms with Gasteiger partial charge in [0.05, 0.1) is 20.6 Å². The number of amides is 1. The Balaban J connectivity index is 1.91. The van der Waals surface area contributed by atoms with Gasteiger partial charge in [0.25, 0.3) is 5.91 Å². The molecule has 22 heavy (non-hydrogen) atoms. The van der Waals surface area contributed by atoms with Gasteiger partial charge >= 0.3 is 5.97 Å². The lowest BCUT2D eigenvalue weighted by atomic mass is 10.1. The molecule has 1 aromatic rings. The number of methoxy groups -OCH3 is 2. The molecule has 0 unspecified atom stereocenters. The van der Waals surface area contributed by atoms with Gasteiger partial charge in [0.1, 0.15) is 0 Å². The highest BCUT2D eigenvalue weighted by Crippen LogP contribution is 2.33. The van der Waals surface area contributed by atoms with E-state index in [-0.39, 0.29) is 25.0 Å². The van der Waals surface area contributed by atoms with Crippen molar-refractivity contribution >= 4 is 27.8 Å². The molecular weight excluding hydrogens is 354 g/mol. The number of nitrogens with one attached hydrogen (secondary N) is 1. The summed E-state index contributed by atoms with van der Waals surface area (Å²) < 4.78 is 16.1. The zero-order chi connectivity index (χ0) is 16.1. The fourth-order valence-corrected chi connectivity index (χ4v) is 2.34. The van der Waals surface area contributed by atoms with Gasteiger partial charge in [-0.1, -0.05) is 15.9 Å². The van der Waals surface area contributed by atoms with Crippen LogP contribution < -0.4 is 14.8 Å². The Morgan fingerprint density at radius 2 is 1.86 bits per heavy atom. The van der Waals surface area contributed by atoms with Crippen LogP contribution in [0, 0.1) is 0 Å². The van der Waals surface area contributed by atoms with Crippen LogP contribution in [-0.2, 0) is 20.7 Å². The molecule has 1 amide bonds. The van der Waals surface area contributed by atoms with Crippen LogP contribution in [0.25, 0.3) is 0 Å². The van der Waals surface area contributed by atoms with E-state index in [0.717, 1.165) is 12.8 Å². The molecule has 1 aromatic carbocycles. The van der Waals surface area contributed by atoms with Crippen molar-refractivity contribution in [3.05, 3.63) is 22.2 Å². The summed E-state index contributed by atoms with van der Waals surface area (Å²) in [7, 11) is 3.06. The average Bonchev–Trinajstić information content (AvgIpc) is 3.30. The number of carbonyl (C=O) groups is 2. The molecule has 6 nitrogen and oxygen atoms in total. The maximum atomic E-state index is 11.8. The van der Waals surface area contributed by atoms with Crippen molar-refractivity contribution in [1.82, 2.24) is 5.32 Å². The number of halogens is 1. The number of esters is 1. The van der Waals surface area contributed by atoms with Gasteiger partial charge in [-0.15, -0.1) is 0 Å². The molecule has 7 heteroatoms. The minimum atomic E-state index is -0.473. The van der Waals surface area contributed by atoms with Gasteiger partial charge in [-0.25, -0.2) is 0 Å². The van der Waals surface area contributed by atoms with Crippen LogP contribution in [-0.4, -0.2) is 38.7 Å². The summed E-state index contributed by atoms with van der Waals surface area (Å²) in [5.41, 5.74) is 0.699. The van der Waals surface area contributed by atoms with E-state index in [1.165, 1.54) is 14.2 Å². The lowest BCUT2D eigenvalue weighted by Gasteiger charge is -2.11. The second-order valence-electron chi connectivity index (χ2n) is 4.98. The third kappa shape index (κ3) is 4.62. The highest BCUT2D eigenvalue weighted by molar-refractivity contribution is 9.10. The second-order valence-corrected chi connectivity index (χ2v) is 5.83. The molecule has 2 rings (SSSR count). The van der Waals surface area contributed by atoms with Crippen molar-refractivity contribution in [2.75, 3.05) is 20.8 Å². The number of benzene rings is 1. The van der Waals surface area contributed by atoms with Gasteiger partial charge in [0.2, 0.25) is 0 Å². The van der Waals surface area contributed by atoms with E-state index >= 15 is 0 Å². The highest BCUT2D eigenvalue weighted by atomic mass is 79.9. The van der Waals surface area contributed by atoms with E-state index in [1.807, 2.05) is 0 Å². The molecule has 0 atom stereocenters. The average molecular weight is 372 g/mol. The minimum Gasteiger partial charge on any atom is -0.493 e. The van der Waals surface area contributed by atoms with E-state index in [0.29, 0.717) is 21.5 Å². The maximum absolute atomic E-state index is 11.8. The SMILES string of the molecule is COc1cc(Br)c(CC(=O)OCC(=O)NC2CC2)cc1OC. The lowest BCUT2D eigenvalue weighted by Crippen LogP contribution is -2.30. The van der Waals surface area contributed by atoms with Crippen molar-refractivity contribution < 1.29 is 23.8 Å². The summed E-state index contributed by atoms with van der Waals surface area (Å²) in [5, 5.41) is 2.76. The van der Waals surface area contributed by atoms with Gasteiger partial charge in [-0.2, -0.15) is 0 Å². The van der Waals surface area contributed by atoms with Crippen LogP contribution in [0.15, 0.2) is 16.6 Å². The van der Waals surface area contributed by atoms with Crippen LogP contribution in [0.1, 0.15) is 18.4 Å². The molecule has 0 heterocycles. The van der Waals surface area contributed by atoms with E-state index in [9.17, 15) is 9.59 Å². The van der Waals surface area contributed by atoms with Gasteiger partial charge in [0.15, 0.2) is 18.1 Å². The first kappa shape index (κ1) is 16.6. The molecular formula is C15H18BrNO5. The molecule has 1 saturated carbocycles. The Morgan fingerprint density at radius 1 is 1.23 bits per heavy atom. The monoisotopic (exact) mass is 371 g/mol. The highest BCUT2D eigenvalue weighted by Gasteiger charge is 2.23. The zero-order valence-electron chi connectivity index (χ0n) is 12.5. The molecule has 0 bridgehead atoms. The largest absolute Gasteiger partial charge is 0.493 e. The van der Waals surface area contributed by atoms with Crippen molar-refractivity contribution in [3.8, 4) is 11.5 Å². The number of hydrogen-bond donors (Lipinski definition) is 1. The normalized spacial score (nSPS) is 13.4. The third-order valence-corrected chi connectivity index (χ3v) is 3.93. The minimum absolute atomic E-state index is 0.0393. The molecule has 1 fully saturated rings. The van der Waals surface area contributed by atoms with Crippen molar-refractivity contribution in [3.63, 3.8) is 0 Å². The Morgan fingerprint density at radius 3 is 2.45 bits per heavy atom. The predicted molar refractivity (Wildman–Crippen MR) is 83.1 cm³/mol. The molecule has 0 saturated heterocycles. The van der Waals surface area contributed by atoms with Crippen molar-refractivity contribution in [1.29, 1.82) is 0 Å². The fraction of sp³-hybridized carbons (Fsp3) is 0.467. The lowest BCUT2D eigenvalue weighted by molar-refractivity contribution is -0.147. The molecule has 1 aliphatic rings. The Hall–Kier alpha value is -1.76. The summed E-state index contributed by atoms with van der Waals surface area (Å²) in [4.78, 5) is 23.3. The van der Waals surface area contributed by atoms with Crippen molar-refractivity contribution in [2.24, 2.45) is 0 Å². The van der Waals surface area contributed by atoms with Crippen LogP contribution in [0.3, 0.4) is 0 Å². The first-order valence-corrected chi connectivity index (χ1v) is 7.68. The van der Waals surface area contributed by atoms with E-state index < -0.39 is 5.97 Å². The van der Waals surface area contributed by atoms with Gasteiger partial charge in [-0.05, 0) is 30.5 Å². The quantitative estimate of drug-likeness (QED) is 0.740. The predicted octanol–water partition coefficient (Wildman–Crippen LogP) is 1.83. The Bertz CT molecular complexity index is 571. The van der Waals surface area contributed by atoms with Gasteiger partial charge in [0, 0.05) is 10.5 Å². The molecule has 0 aliphatic heterocycles. The zero-order valence-corrected chi connectivity index (χ0v) is 14.1. The molecule has 0 spiro atoms. The first-order chi connectivity index (χ1) is 10.5. The molecule has 0 radical (unpaired) electrons. The van der Waals surface area contributed by atoms with Gasteiger partial charge < -0.3 is 19.5 Å². The van der Waals surface area contributed by atoms with Gasteiger partial charge in [-0.3, -0.25) is 9.59 Å². The maximum Gasteiger partial charge on any atom is 0.310 e. The fourth-order valence-electron chi connectivity index (χ4n) is 1.88. The summed E-state index contributed by atoms with van der Waals surface area (Å²) >= 11 is 3.38. The Labute approximate surface area is 137 Å². The number of rotatable bonds is 7. The summed E-state index contributed by atoms with van der Waals surface area (Å²) in [6.45, 7) is -0.250. The van der Waals surface area contributed by atoms with E-state index in [1.54, 1.807) is 12.1 Å².